The molecule has 1 saturated carbocycles. The van der Waals surface area contributed by atoms with Gasteiger partial charge in [-0.1, -0.05) is 40.0 Å². The van der Waals surface area contributed by atoms with Crippen molar-refractivity contribution in [1.29, 1.82) is 0 Å². The summed E-state index contributed by atoms with van der Waals surface area (Å²) in [5.74, 6) is 1.79. The molecule has 4 nitrogen and oxygen atoms in total. The summed E-state index contributed by atoms with van der Waals surface area (Å²) < 4.78 is 43.2. The van der Waals surface area contributed by atoms with Gasteiger partial charge in [0.2, 0.25) is 0 Å². The van der Waals surface area contributed by atoms with Crippen LogP contribution in [0.4, 0.5) is 13.2 Å². The maximum Gasteiger partial charge on any atom is 0.573 e. The standard InChI is InChI=1S/C30H46F3N3O/c1-5-6-19-35(20-8-9-23(2)3)21-18-25-10-7-11-26(13-12-25)29-22-24(4)36(34-29)27-14-16-28(17-15-27)37-30(31,32)33/h14-17,22-23,25-26H,5-13,18-21H2,1-4H3. The molecule has 1 aliphatic rings. The first-order valence-corrected chi connectivity index (χ1v) is 14.3. The van der Waals surface area contributed by atoms with Gasteiger partial charge < -0.3 is 9.64 Å². The summed E-state index contributed by atoms with van der Waals surface area (Å²) in [6.07, 6.45) is 7.83. The smallest absolute Gasteiger partial charge is 0.406 e. The van der Waals surface area contributed by atoms with E-state index in [0.29, 0.717) is 5.92 Å². The fraction of sp³-hybridized carbons (Fsp3) is 0.700. The molecule has 3 rings (SSSR count). The topological polar surface area (TPSA) is 30.3 Å². The highest BCUT2D eigenvalue weighted by atomic mass is 19.4. The van der Waals surface area contributed by atoms with E-state index in [9.17, 15) is 13.2 Å². The lowest BCUT2D eigenvalue weighted by atomic mass is 9.93. The molecule has 1 fully saturated rings. The Bertz CT molecular complexity index is 923. The van der Waals surface area contributed by atoms with Gasteiger partial charge >= 0.3 is 6.36 Å². The highest BCUT2D eigenvalue weighted by Crippen LogP contribution is 2.35. The van der Waals surface area contributed by atoms with Crippen molar-refractivity contribution in [3.8, 4) is 11.4 Å². The Labute approximate surface area is 221 Å². The molecule has 2 unspecified atom stereocenters. The molecule has 1 aliphatic carbocycles. The summed E-state index contributed by atoms with van der Waals surface area (Å²) in [6, 6.07) is 8.07. The quantitative estimate of drug-likeness (QED) is 0.247. The second-order valence-corrected chi connectivity index (χ2v) is 11.3. The first kappa shape index (κ1) is 29.5. The number of ether oxygens (including phenoxy) is 1. The van der Waals surface area contributed by atoms with Crippen molar-refractivity contribution in [2.24, 2.45) is 11.8 Å². The molecule has 0 N–H and O–H groups in total. The van der Waals surface area contributed by atoms with Gasteiger partial charge in [-0.2, -0.15) is 5.10 Å². The minimum Gasteiger partial charge on any atom is -0.406 e. The molecular weight excluding hydrogens is 475 g/mol. The summed E-state index contributed by atoms with van der Waals surface area (Å²) in [5, 5.41) is 4.88. The van der Waals surface area contributed by atoms with Gasteiger partial charge in [-0.3, -0.25) is 0 Å². The van der Waals surface area contributed by atoms with Crippen LogP contribution >= 0.6 is 0 Å². The molecule has 7 heteroatoms. The third-order valence-electron chi connectivity index (χ3n) is 7.67. The minimum absolute atomic E-state index is 0.218. The summed E-state index contributed by atoms with van der Waals surface area (Å²) >= 11 is 0. The Hall–Kier alpha value is -2.02. The second-order valence-electron chi connectivity index (χ2n) is 11.3. The van der Waals surface area contributed by atoms with Crippen LogP contribution < -0.4 is 4.74 Å². The van der Waals surface area contributed by atoms with E-state index < -0.39 is 6.36 Å². The van der Waals surface area contributed by atoms with E-state index in [1.165, 1.54) is 83.1 Å². The zero-order chi connectivity index (χ0) is 26.8. The van der Waals surface area contributed by atoms with Crippen LogP contribution in [-0.2, 0) is 0 Å². The van der Waals surface area contributed by atoms with E-state index in [2.05, 4.69) is 36.5 Å². The number of hydrogen-bond donors (Lipinski definition) is 0. The van der Waals surface area contributed by atoms with Crippen molar-refractivity contribution in [2.75, 3.05) is 19.6 Å². The molecule has 1 aromatic carbocycles. The SMILES string of the molecule is CCCCN(CCCC(C)C)CCC1CCCC(c2cc(C)n(-c3ccc(OC(F)(F)F)cc3)n2)CC1. The lowest BCUT2D eigenvalue weighted by Gasteiger charge is -2.25. The Morgan fingerprint density at radius 2 is 1.76 bits per heavy atom. The number of hydrogen-bond acceptors (Lipinski definition) is 3. The number of aromatic nitrogens is 2. The summed E-state index contributed by atoms with van der Waals surface area (Å²) in [5.41, 5.74) is 2.84. The van der Waals surface area contributed by atoms with Gasteiger partial charge in [0.05, 0.1) is 11.4 Å². The zero-order valence-electron chi connectivity index (χ0n) is 23.2. The minimum atomic E-state index is -4.69. The summed E-state index contributed by atoms with van der Waals surface area (Å²) in [6.45, 7) is 12.6. The van der Waals surface area contributed by atoms with Gasteiger partial charge in [0.15, 0.2) is 0 Å². The lowest BCUT2D eigenvalue weighted by molar-refractivity contribution is -0.274. The van der Waals surface area contributed by atoms with Gasteiger partial charge in [0.1, 0.15) is 5.75 Å². The summed E-state index contributed by atoms with van der Waals surface area (Å²) in [7, 11) is 0. The van der Waals surface area contributed by atoms with Crippen LogP contribution in [-0.4, -0.2) is 40.7 Å². The molecule has 1 aromatic heterocycles. The lowest BCUT2D eigenvalue weighted by Crippen LogP contribution is -2.28. The highest BCUT2D eigenvalue weighted by Gasteiger charge is 2.31. The van der Waals surface area contributed by atoms with Crippen LogP contribution in [0.5, 0.6) is 5.75 Å². The van der Waals surface area contributed by atoms with Crippen molar-refractivity contribution in [2.45, 2.75) is 104 Å². The fourth-order valence-electron chi connectivity index (χ4n) is 5.52. The number of unbranched alkanes of at least 4 members (excludes halogenated alkanes) is 1. The third kappa shape index (κ3) is 9.99. The number of halogens is 3. The van der Waals surface area contributed by atoms with Gasteiger partial charge in [0, 0.05) is 11.6 Å². The Kier molecular flexibility index (Phi) is 11.4. The highest BCUT2D eigenvalue weighted by molar-refractivity contribution is 5.38. The van der Waals surface area contributed by atoms with Crippen LogP contribution in [0, 0.1) is 18.8 Å². The first-order valence-electron chi connectivity index (χ1n) is 14.3. The third-order valence-corrected chi connectivity index (χ3v) is 7.67. The molecular formula is C30H46F3N3O. The van der Waals surface area contributed by atoms with Crippen LogP contribution in [0.2, 0.25) is 0 Å². The first-order chi connectivity index (χ1) is 17.6. The predicted octanol–water partition coefficient (Wildman–Crippen LogP) is 8.67. The molecule has 2 atom stereocenters. The van der Waals surface area contributed by atoms with Crippen LogP contribution in [0.3, 0.4) is 0 Å². The van der Waals surface area contributed by atoms with Crippen LogP contribution in [0.25, 0.3) is 5.69 Å². The molecule has 0 aliphatic heterocycles. The van der Waals surface area contributed by atoms with E-state index in [1.54, 1.807) is 12.1 Å². The molecule has 208 valence electrons. The van der Waals surface area contributed by atoms with E-state index in [0.717, 1.165) is 41.8 Å². The molecule has 0 amide bonds. The molecule has 0 spiro atoms. The maximum atomic E-state index is 12.5. The average Bonchev–Trinajstić information content (AvgIpc) is 3.06. The molecule has 1 heterocycles. The van der Waals surface area contributed by atoms with Crippen molar-refractivity contribution in [3.63, 3.8) is 0 Å². The molecule has 0 saturated heterocycles. The zero-order valence-corrected chi connectivity index (χ0v) is 23.2. The fourth-order valence-corrected chi connectivity index (χ4v) is 5.52. The molecule has 2 aromatic rings. The van der Waals surface area contributed by atoms with E-state index in [-0.39, 0.29) is 5.75 Å². The van der Waals surface area contributed by atoms with Gasteiger partial charge in [-0.05, 0) is 114 Å². The van der Waals surface area contributed by atoms with E-state index in [1.807, 2.05) is 11.6 Å². The summed E-state index contributed by atoms with van der Waals surface area (Å²) in [4.78, 5) is 2.70. The van der Waals surface area contributed by atoms with Gasteiger partial charge in [-0.15, -0.1) is 13.2 Å². The Morgan fingerprint density at radius 3 is 2.43 bits per heavy atom. The number of nitrogens with zero attached hydrogens (tertiary/aromatic N) is 3. The van der Waals surface area contributed by atoms with Crippen molar-refractivity contribution >= 4 is 0 Å². The maximum absolute atomic E-state index is 12.5. The number of alkyl halides is 3. The van der Waals surface area contributed by atoms with E-state index in [4.69, 9.17) is 5.10 Å². The van der Waals surface area contributed by atoms with Gasteiger partial charge in [-0.25, -0.2) is 4.68 Å². The second kappa shape index (κ2) is 14.2. The predicted molar refractivity (Wildman–Crippen MR) is 144 cm³/mol. The number of benzene rings is 1. The monoisotopic (exact) mass is 521 g/mol. The van der Waals surface area contributed by atoms with Crippen LogP contribution in [0.1, 0.15) is 102 Å². The Balaban J connectivity index is 1.54. The molecule has 0 radical (unpaired) electrons. The van der Waals surface area contributed by atoms with Gasteiger partial charge in [0.25, 0.3) is 0 Å². The van der Waals surface area contributed by atoms with Crippen molar-refractivity contribution in [1.82, 2.24) is 14.7 Å². The van der Waals surface area contributed by atoms with Crippen molar-refractivity contribution < 1.29 is 17.9 Å². The van der Waals surface area contributed by atoms with Crippen LogP contribution in [0.15, 0.2) is 30.3 Å². The number of rotatable bonds is 13. The normalized spacial score (nSPS) is 18.9. The van der Waals surface area contributed by atoms with Crippen molar-refractivity contribution in [3.05, 3.63) is 41.7 Å². The Morgan fingerprint density at radius 1 is 1.03 bits per heavy atom. The largest absolute Gasteiger partial charge is 0.573 e. The molecule has 0 bridgehead atoms. The number of aryl methyl sites for hydroxylation is 1. The molecule has 37 heavy (non-hydrogen) atoms. The average molecular weight is 522 g/mol. The van der Waals surface area contributed by atoms with E-state index >= 15 is 0 Å².